The molecule has 2 heterocycles. The SMILES string of the molecule is O=C(NCCc1ccccc1)c1cn(CCNCc2cccnc2)nn1. The first-order valence-electron chi connectivity index (χ1n) is 8.63. The highest BCUT2D eigenvalue weighted by molar-refractivity contribution is 5.91. The van der Waals surface area contributed by atoms with Crippen molar-refractivity contribution in [1.29, 1.82) is 0 Å². The van der Waals surface area contributed by atoms with E-state index >= 15 is 0 Å². The highest BCUT2D eigenvalue weighted by atomic mass is 16.2. The second-order valence-corrected chi connectivity index (χ2v) is 5.90. The molecule has 134 valence electrons. The maximum absolute atomic E-state index is 12.1. The molecule has 0 saturated carbocycles. The minimum absolute atomic E-state index is 0.199. The van der Waals surface area contributed by atoms with Gasteiger partial charge in [-0.2, -0.15) is 0 Å². The summed E-state index contributed by atoms with van der Waals surface area (Å²) in [5.74, 6) is -0.199. The number of amides is 1. The molecule has 0 aliphatic heterocycles. The molecule has 3 aromatic rings. The van der Waals surface area contributed by atoms with Gasteiger partial charge in [-0.25, -0.2) is 0 Å². The van der Waals surface area contributed by atoms with Crippen molar-refractivity contribution in [3.63, 3.8) is 0 Å². The third-order valence-corrected chi connectivity index (χ3v) is 3.88. The summed E-state index contributed by atoms with van der Waals surface area (Å²) in [5.41, 5.74) is 2.66. The van der Waals surface area contributed by atoms with Crippen LogP contribution < -0.4 is 10.6 Å². The molecule has 0 fully saturated rings. The van der Waals surface area contributed by atoms with E-state index in [1.165, 1.54) is 5.56 Å². The van der Waals surface area contributed by atoms with Crippen LogP contribution in [-0.4, -0.2) is 39.0 Å². The van der Waals surface area contributed by atoms with Crippen LogP contribution in [0, 0.1) is 0 Å². The minimum Gasteiger partial charge on any atom is -0.350 e. The Morgan fingerprint density at radius 2 is 1.88 bits per heavy atom. The second-order valence-electron chi connectivity index (χ2n) is 5.90. The lowest BCUT2D eigenvalue weighted by molar-refractivity contribution is 0.0949. The standard InChI is InChI=1S/C19H22N6O/c26-19(22-10-8-16-5-2-1-3-6-16)18-15-25(24-23-18)12-11-21-14-17-7-4-9-20-13-17/h1-7,9,13,15,21H,8,10-12,14H2,(H,22,26). The predicted octanol–water partition coefficient (Wildman–Crippen LogP) is 1.44. The third kappa shape index (κ3) is 5.49. The van der Waals surface area contributed by atoms with Crippen LogP contribution in [0.1, 0.15) is 21.6 Å². The lowest BCUT2D eigenvalue weighted by Gasteiger charge is -2.04. The molecule has 26 heavy (non-hydrogen) atoms. The number of nitrogens with one attached hydrogen (secondary N) is 2. The van der Waals surface area contributed by atoms with Gasteiger partial charge in [0.05, 0.1) is 12.7 Å². The van der Waals surface area contributed by atoms with Crippen molar-refractivity contribution in [3.8, 4) is 0 Å². The summed E-state index contributed by atoms with van der Waals surface area (Å²) in [4.78, 5) is 16.2. The molecule has 7 nitrogen and oxygen atoms in total. The van der Waals surface area contributed by atoms with E-state index in [9.17, 15) is 4.79 Å². The average Bonchev–Trinajstić information content (AvgIpc) is 3.16. The van der Waals surface area contributed by atoms with Crippen LogP contribution in [-0.2, 0) is 19.5 Å². The van der Waals surface area contributed by atoms with Crippen molar-refractivity contribution < 1.29 is 4.79 Å². The maximum Gasteiger partial charge on any atom is 0.273 e. The van der Waals surface area contributed by atoms with Crippen LogP contribution in [0.15, 0.2) is 61.1 Å². The first-order valence-corrected chi connectivity index (χ1v) is 8.63. The lowest BCUT2D eigenvalue weighted by atomic mass is 10.1. The van der Waals surface area contributed by atoms with E-state index in [1.54, 1.807) is 17.1 Å². The number of benzene rings is 1. The molecule has 0 aliphatic rings. The molecule has 1 amide bonds. The van der Waals surface area contributed by atoms with Gasteiger partial charge in [0.25, 0.3) is 5.91 Å². The summed E-state index contributed by atoms with van der Waals surface area (Å²) in [5, 5.41) is 14.1. The van der Waals surface area contributed by atoms with Crippen LogP contribution in [0.5, 0.6) is 0 Å². The van der Waals surface area contributed by atoms with Crippen molar-refractivity contribution in [2.24, 2.45) is 0 Å². The number of pyridine rings is 1. The first kappa shape index (κ1) is 17.8. The molecular formula is C19H22N6O. The highest BCUT2D eigenvalue weighted by Crippen LogP contribution is 1.99. The Labute approximate surface area is 152 Å². The Morgan fingerprint density at radius 1 is 1.04 bits per heavy atom. The lowest BCUT2D eigenvalue weighted by Crippen LogP contribution is -2.26. The monoisotopic (exact) mass is 350 g/mol. The molecule has 0 spiro atoms. The topological polar surface area (TPSA) is 84.7 Å². The zero-order chi connectivity index (χ0) is 18.0. The van der Waals surface area contributed by atoms with Crippen LogP contribution >= 0.6 is 0 Å². The normalized spacial score (nSPS) is 10.6. The van der Waals surface area contributed by atoms with Crippen molar-refractivity contribution in [2.45, 2.75) is 19.5 Å². The fourth-order valence-corrected chi connectivity index (χ4v) is 2.50. The number of hydrogen-bond acceptors (Lipinski definition) is 5. The molecule has 0 radical (unpaired) electrons. The highest BCUT2D eigenvalue weighted by Gasteiger charge is 2.10. The first-order chi connectivity index (χ1) is 12.8. The van der Waals surface area contributed by atoms with Gasteiger partial charge in [-0.3, -0.25) is 14.5 Å². The number of rotatable bonds is 9. The molecule has 1 aromatic carbocycles. The number of carbonyl (C=O) groups excluding carboxylic acids is 1. The van der Waals surface area contributed by atoms with Gasteiger partial charge in [0.1, 0.15) is 0 Å². The van der Waals surface area contributed by atoms with Crippen LogP contribution in [0.2, 0.25) is 0 Å². The van der Waals surface area contributed by atoms with Crippen LogP contribution in [0.25, 0.3) is 0 Å². The van der Waals surface area contributed by atoms with E-state index < -0.39 is 0 Å². The van der Waals surface area contributed by atoms with Gasteiger partial charge >= 0.3 is 0 Å². The third-order valence-electron chi connectivity index (χ3n) is 3.88. The van der Waals surface area contributed by atoms with Gasteiger partial charge in [0, 0.05) is 32.0 Å². The van der Waals surface area contributed by atoms with Gasteiger partial charge in [0.2, 0.25) is 0 Å². The molecule has 3 rings (SSSR count). The van der Waals surface area contributed by atoms with Crippen molar-refractivity contribution in [1.82, 2.24) is 30.6 Å². The molecular weight excluding hydrogens is 328 g/mol. The fraction of sp³-hybridized carbons (Fsp3) is 0.263. The van der Waals surface area contributed by atoms with Gasteiger partial charge < -0.3 is 10.6 Å². The fourth-order valence-electron chi connectivity index (χ4n) is 2.50. The quantitative estimate of drug-likeness (QED) is 0.571. The number of carbonyl (C=O) groups is 1. The Balaban J connectivity index is 1.37. The molecule has 2 aromatic heterocycles. The number of nitrogens with zero attached hydrogens (tertiary/aromatic N) is 4. The number of hydrogen-bond donors (Lipinski definition) is 2. The molecule has 0 bridgehead atoms. The molecule has 0 aliphatic carbocycles. The van der Waals surface area contributed by atoms with Gasteiger partial charge in [0.15, 0.2) is 5.69 Å². The average molecular weight is 350 g/mol. The van der Waals surface area contributed by atoms with Crippen molar-refractivity contribution >= 4 is 5.91 Å². The van der Waals surface area contributed by atoms with E-state index in [1.807, 2.05) is 48.7 Å². The summed E-state index contributed by atoms with van der Waals surface area (Å²) < 4.78 is 1.67. The summed E-state index contributed by atoms with van der Waals surface area (Å²) in [6.45, 7) is 2.69. The Morgan fingerprint density at radius 3 is 2.69 bits per heavy atom. The predicted molar refractivity (Wildman–Crippen MR) is 98.4 cm³/mol. The summed E-state index contributed by atoms with van der Waals surface area (Å²) in [6.07, 6.45) is 6.05. The Hall–Kier alpha value is -3.06. The van der Waals surface area contributed by atoms with Gasteiger partial charge in [-0.1, -0.05) is 41.6 Å². The molecule has 2 N–H and O–H groups in total. The largest absolute Gasteiger partial charge is 0.350 e. The van der Waals surface area contributed by atoms with Gasteiger partial charge in [-0.15, -0.1) is 5.10 Å². The Kier molecular flexibility index (Phi) is 6.44. The maximum atomic E-state index is 12.1. The van der Waals surface area contributed by atoms with Gasteiger partial charge in [-0.05, 0) is 23.6 Å². The summed E-state index contributed by atoms with van der Waals surface area (Å²) in [7, 11) is 0. The van der Waals surface area contributed by atoms with E-state index in [0.717, 1.165) is 25.1 Å². The van der Waals surface area contributed by atoms with E-state index in [2.05, 4.69) is 25.9 Å². The molecule has 0 unspecified atom stereocenters. The molecule has 7 heteroatoms. The molecule has 0 saturated heterocycles. The Bertz CT molecular complexity index is 803. The summed E-state index contributed by atoms with van der Waals surface area (Å²) >= 11 is 0. The smallest absolute Gasteiger partial charge is 0.273 e. The second kappa shape index (κ2) is 9.43. The summed E-state index contributed by atoms with van der Waals surface area (Å²) in [6, 6.07) is 14.0. The van der Waals surface area contributed by atoms with E-state index in [0.29, 0.717) is 18.8 Å². The van der Waals surface area contributed by atoms with E-state index in [4.69, 9.17) is 0 Å². The molecule has 0 atom stereocenters. The van der Waals surface area contributed by atoms with Crippen molar-refractivity contribution in [3.05, 3.63) is 77.9 Å². The van der Waals surface area contributed by atoms with Crippen molar-refractivity contribution in [2.75, 3.05) is 13.1 Å². The zero-order valence-electron chi connectivity index (χ0n) is 14.5. The minimum atomic E-state index is -0.199. The zero-order valence-corrected chi connectivity index (χ0v) is 14.5. The van der Waals surface area contributed by atoms with Crippen LogP contribution in [0.3, 0.4) is 0 Å². The van der Waals surface area contributed by atoms with E-state index in [-0.39, 0.29) is 5.91 Å². The van der Waals surface area contributed by atoms with Crippen LogP contribution in [0.4, 0.5) is 0 Å². The number of aromatic nitrogens is 4.